The largest absolute Gasteiger partial charge is 0.356 e. The summed E-state index contributed by atoms with van der Waals surface area (Å²) in [5.74, 6) is 0.861. The molecule has 2 amide bonds. The second-order valence-corrected chi connectivity index (χ2v) is 7.84. The van der Waals surface area contributed by atoms with Crippen LogP contribution < -0.4 is 10.6 Å². The Balaban J connectivity index is 3.61. The molecule has 0 saturated heterocycles. The van der Waals surface area contributed by atoms with Crippen LogP contribution in [0.3, 0.4) is 0 Å². The van der Waals surface area contributed by atoms with Crippen molar-refractivity contribution in [3.8, 4) is 0 Å². The van der Waals surface area contributed by atoms with Gasteiger partial charge in [0.1, 0.15) is 0 Å². The van der Waals surface area contributed by atoms with E-state index >= 15 is 0 Å². The Morgan fingerprint density at radius 3 is 1.30 bits per heavy atom. The van der Waals surface area contributed by atoms with Gasteiger partial charge in [-0.05, 0) is 38.5 Å². The second kappa shape index (κ2) is 18.3. The predicted molar refractivity (Wildman–Crippen MR) is 116 cm³/mol. The highest BCUT2D eigenvalue weighted by Gasteiger charge is 2.15. The van der Waals surface area contributed by atoms with Gasteiger partial charge in [0.25, 0.3) is 0 Å². The van der Waals surface area contributed by atoms with E-state index < -0.39 is 0 Å². The molecule has 2 atom stereocenters. The molecule has 0 fully saturated rings. The van der Waals surface area contributed by atoms with Gasteiger partial charge in [-0.15, -0.1) is 0 Å². The van der Waals surface area contributed by atoms with E-state index in [2.05, 4.69) is 38.3 Å². The first kappa shape index (κ1) is 25.9. The Kier molecular flexibility index (Phi) is 17.6. The summed E-state index contributed by atoms with van der Waals surface area (Å²) in [6.07, 6.45) is 14.1. The molecule has 2 N–H and O–H groups in total. The third-order valence-electron chi connectivity index (χ3n) is 5.49. The Hall–Kier alpha value is -1.06. The zero-order chi connectivity index (χ0) is 20.3. The van der Waals surface area contributed by atoms with Gasteiger partial charge in [-0.1, -0.05) is 72.6 Å². The van der Waals surface area contributed by atoms with Crippen molar-refractivity contribution in [1.82, 2.24) is 10.6 Å². The molecule has 0 rings (SSSR count). The smallest absolute Gasteiger partial charge is 0.223 e. The standard InChI is InChI=1S/C23H46N2O2/c1-5-9-16-20(7-3)22(26)24-18-14-12-11-13-15-19-25-23(27)21(8-4)17-10-6-2/h20-21H,5-19H2,1-4H3,(H,24,26)(H,25,27). The maximum absolute atomic E-state index is 12.1. The predicted octanol–water partition coefficient (Wildman–Crippen LogP) is 5.60. The van der Waals surface area contributed by atoms with E-state index in [-0.39, 0.29) is 23.7 Å². The fourth-order valence-corrected chi connectivity index (χ4v) is 3.43. The number of carbonyl (C=O) groups excluding carboxylic acids is 2. The molecular weight excluding hydrogens is 336 g/mol. The first-order valence-electron chi connectivity index (χ1n) is 11.7. The van der Waals surface area contributed by atoms with E-state index in [1.54, 1.807) is 0 Å². The van der Waals surface area contributed by atoms with Crippen molar-refractivity contribution in [2.45, 2.75) is 111 Å². The van der Waals surface area contributed by atoms with Gasteiger partial charge in [0, 0.05) is 24.9 Å². The lowest BCUT2D eigenvalue weighted by Crippen LogP contribution is -2.31. The summed E-state index contributed by atoms with van der Waals surface area (Å²) in [6, 6.07) is 0. The van der Waals surface area contributed by atoms with Crippen molar-refractivity contribution >= 4 is 11.8 Å². The minimum absolute atomic E-state index is 0.192. The summed E-state index contributed by atoms with van der Waals surface area (Å²) in [6.45, 7) is 10.1. The molecule has 0 heterocycles. The van der Waals surface area contributed by atoms with Crippen LogP contribution >= 0.6 is 0 Å². The molecule has 4 nitrogen and oxygen atoms in total. The molecule has 0 aliphatic rings. The number of hydrogen-bond acceptors (Lipinski definition) is 2. The van der Waals surface area contributed by atoms with Crippen LogP contribution in [-0.4, -0.2) is 24.9 Å². The van der Waals surface area contributed by atoms with Crippen molar-refractivity contribution in [3.63, 3.8) is 0 Å². The fourth-order valence-electron chi connectivity index (χ4n) is 3.43. The highest BCUT2D eigenvalue weighted by molar-refractivity contribution is 5.78. The van der Waals surface area contributed by atoms with E-state index in [1.807, 2.05) is 0 Å². The van der Waals surface area contributed by atoms with E-state index in [1.165, 1.54) is 6.42 Å². The lowest BCUT2D eigenvalue weighted by molar-refractivity contribution is -0.126. The Labute approximate surface area is 168 Å². The quantitative estimate of drug-likeness (QED) is 0.303. The number of carbonyl (C=O) groups is 2. The maximum Gasteiger partial charge on any atom is 0.223 e. The highest BCUT2D eigenvalue weighted by atomic mass is 16.2. The van der Waals surface area contributed by atoms with Crippen LogP contribution in [0.25, 0.3) is 0 Å². The molecule has 27 heavy (non-hydrogen) atoms. The van der Waals surface area contributed by atoms with Gasteiger partial charge < -0.3 is 10.6 Å². The van der Waals surface area contributed by atoms with Gasteiger partial charge in [-0.25, -0.2) is 0 Å². The van der Waals surface area contributed by atoms with Crippen LogP contribution in [0, 0.1) is 11.8 Å². The third-order valence-corrected chi connectivity index (χ3v) is 5.49. The molecule has 2 unspecified atom stereocenters. The van der Waals surface area contributed by atoms with Gasteiger partial charge in [0.15, 0.2) is 0 Å². The van der Waals surface area contributed by atoms with Crippen molar-refractivity contribution < 1.29 is 9.59 Å². The molecule has 0 saturated carbocycles. The summed E-state index contributed by atoms with van der Waals surface area (Å²) in [4.78, 5) is 24.2. The molecule has 4 heteroatoms. The number of amides is 2. The van der Waals surface area contributed by atoms with Crippen LogP contribution in [0.15, 0.2) is 0 Å². The molecule has 0 aromatic carbocycles. The van der Waals surface area contributed by atoms with Crippen LogP contribution in [0.4, 0.5) is 0 Å². The van der Waals surface area contributed by atoms with E-state index in [0.29, 0.717) is 0 Å². The molecule has 0 aliphatic heterocycles. The lowest BCUT2D eigenvalue weighted by atomic mass is 9.98. The molecule has 0 radical (unpaired) electrons. The van der Waals surface area contributed by atoms with Gasteiger partial charge in [-0.2, -0.15) is 0 Å². The summed E-state index contributed by atoms with van der Waals surface area (Å²) in [5.41, 5.74) is 0. The third kappa shape index (κ3) is 13.7. The first-order valence-corrected chi connectivity index (χ1v) is 11.7. The molecular formula is C23H46N2O2. The molecule has 160 valence electrons. The normalized spacial score (nSPS) is 13.2. The number of unbranched alkanes of at least 4 members (excludes halogenated alkanes) is 6. The minimum Gasteiger partial charge on any atom is -0.356 e. The molecule has 0 bridgehead atoms. The second-order valence-electron chi connectivity index (χ2n) is 7.84. The van der Waals surface area contributed by atoms with E-state index in [9.17, 15) is 9.59 Å². The zero-order valence-electron chi connectivity index (χ0n) is 18.6. The van der Waals surface area contributed by atoms with Crippen molar-refractivity contribution in [1.29, 1.82) is 0 Å². The molecule has 0 aliphatic carbocycles. The van der Waals surface area contributed by atoms with Crippen LogP contribution in [0.1, 0.15) is 111 Å². The van der Waals surface area contributed by atoms with Crippen molar-refractivity contribution in [2.75, 3.05) is 13.1 Å². The highest BCUT2D eigenvalue weighted by Crippen LogP contribution is 2.13. The summed E-state index contributed by atoms with van der Waals surface area (Å²) < 4.78 is 0. The van der Waals surface area contributed by atoms with Gasteiger partial charge >= 0.3 is 0 Å². The number of rotatable bonds is 18. The number of hydrogen-bond donors (Lipinski definition) is 2. The van der Waals surface area contributed by atoms with Gasteiger partial charge in [-0.3, -0.25) is 9.59 Å². The Morgan fingerprint density at radius 2 is 0.963 bits per heavy atom. The maximum atomic E-state index is 12.1. The summed E-state index contributed by atoms with van der Waals surface area (Å²) in [7, 11) is 0. The average Bonchev–Trinajstić information content (AvgIpc) is 2.67. The number of nitrogens with one attached hydrogen (secondary N) is 2. The van der Waals surface area contributed by atoms with Gasteiger partial charge in [0.2, 0.25) is 11.8 Å². The lowest BCUT2D eigenvalue weighted by Gasteiger charge is -2.15. The fraction of sp³-hybridized carbons (Fsp3) is 0.913. The topological polar surface area (TPSA) is 58.2 Å². The van der Waals surface area contributed by atoms with Crippen molar-refractivity contribution in [2.24, 2.45) is 11.8 Å². The van der Waals surface area contributed by atoms with Crippen LogP contribution in [0.2, 0.25) is 0 Å². The average molecular weight is 383 g/mol. The van der Waals surface area contributed by atoms with E-state index in [0.717, 1.165) is 90.1 Å². The zero-order valence-corrected chi connectivity index (χ0v) is 18.6. The van der Waals surface area contributed by atoms with Crippen LogP contribution in [-0.2, 0) is 9.59 Å². The van der Waals surface area contributed by atoms with Crippen molar-refractivity contribution in [3.05, 3.63) is 0 Å². The minimum atomic E-state index is 0.192. The van der Waals surface area contributed by atoms with Crippen LogP contribution in [0.5, 0.6) is 0 Å². The van der Waals surface area contributed by atoms with Gasteiger partial charge in [0.05, 0.1) is 0 Å². The molecule has 0 aromatic heterocycles. The molecule has 0 aromatic rings. The Morgan fingerprint density at radius 1 is 0.593 bits per heavy atom. The SMILES string of the molecule is CCCCC(CC)C(=O)NCCCCCCCNC(=O)C(CC)CCCC. The first-order chi connectivity index (χ1) is 13.1. The van der Waals surface area contributed by atoms with E-state index in [4.69, 9.17) is 0 Å². The summed E-state index contributed by atoms with van der Waals surface area (Å²) in [5, 5.41) is 6.20. The Bertz CT molecular complexity index is 337. The molecule has 0 spiro atoms. The summed E-state index contributed by atoms with van der Waals surface area (Å²) >= 11 is 0. The monoisotopic (exact) mass is 382 g/mol.